The zero-order valence-corrected chi connectivity index (χ0v) is 18.4. The lowest BCUT2D eigenvalue weighted by Gasteiger charge is -2.13. The fourth-order valence-corrected chi connectivity index (χ4v) is 3.48. The lowest BCUT2D eigenvalue weighted by atomic mass is 9.98. The molecule has 1 amide bonds. The van der Waals surface area contributed by atoms with Crippen LogP contribution in [0, 0.1) is 5.82 Å². The lowest BCUT2D eigenvalue weighted by molar-refractivity contribution is -0.137. The molecule has 1 N–H and O–H groups in total. The molecule has 0 aliphatic rings. The molecule has 0 saturated heterocycles. The number of halogens is 4. The second kappa shape index (κ2) is 10.4. The number of anilines is 1. The highest BCUT2D eigenvalue weighted by molar-refractivity contribution is 6.08. The molecule has 0 aliphatic carbocycles. The maximum atomic E-state index is 14.5. The third kappa shape index (κ3) is 6.03. The highest BCUT2D eigenvalue weighted by atomic mass is 19.4. The Hall–Kier alpha value is -4.20. The second-order valence-electron chi connectivity index (χ2n) is 7.64. The van der Waals surface area contributed by atoms with Gasteiger partial charge in [0.2, 0.25) is 0 Å². The van der Waals surface area contributed by atoms with Crippen LogP contribution in [0.2, 0.25) is 0 Å². The molecule has 0 saturated carbocycles. The summed E-state index contributed by atoms with van der Waals surface area (Å²) in [6.45, 7) is 0.236. The van der Waals surface area contributed by atoms with Gasteiger partial charge in [-0.2, -0.15) is 13.2 Å². The van der Waals surface area contributed by atoms with E-state index in [1.807, 2.05) is 12.1 Å². The van der Waals surface area contributed by atoms with Crippen molar-refractivity contribution in [3.8, 4) is 16.9 Å². The number of carbonyl (C=O) groups is 1. The molecule has 0 atom stereocenters. The monoisotopic (exact) mass is 480 g/mol. The van der Waals surface area contributed by atoms with Crippen LogP contribution in [0.4, 0.5) is 23.2 Å². The predicted molar refractivity (Wildman–Crippen MR) is 125 cm³/mol. The first-order valence-corrected chi connectivity index (χ1v) is 10.7. The zero-order valence-electron chi connectivity index (χ0n) is 18.4. The summed E-state index contributed by atoms with van der Waals surface area (Å²) >= 11 is 0. The summed E-state index contributed by atoms with van der Waals surface area (Å²) in [5.74, 6) is -1.12. The van der Waals surface area contributed by atoms with Crippen molar-refractivity contribution < 1.29 is 27.1 Å². The Morgan fingerprint density at radius 1 is 0.914 bits per heavy atom. The number of amides is 1. The van der Waals surface area contributed by atoms with Crippen LogP contribution in [0.25, 0.3) is 11.1 Å². The Bertz CT molecular complexity index is 1310. The number of alkyl halides is 3. The summed E-state index contributed by atoms with van der Waals surface area (Å²) in [7, 11) is 0. The van der Waals surface area contributed by atoms with Crippen LogP contribution in [0.1, 0.15) is 21.6 Å². The Morgan fingerprint density at radius 2 is 1.66 bits per heavy atom. The van der Waals surface area contributed by atoms with Crippen molar-refractivity contribution in [3.63, 3.8) is 0 Å². The maximum Gasteiger partial charge on any atom is 0.416 e. The SMILES string of the molecule is O=C(Nc1ccc(OCCc2ccccn2)c(F)c1)c1ccccc1-c1ccc(C(F)(F)F)cc1. The van der Waals surface area contributed by atoms with Crippen LogP contribution in [-0.4, -0.2) is 17.5 Å². The number of pyridine rings is 1. The van der Waals surface area contributed by atoms with E-state index in [1.165, 1.54) is 24.3 Å². The van der Waals surface area contributed by atoms with Crippen LogP contribution in [0.3, 0.4) is 0 Å². The van der Waals surface area contributed by atoms with Gasteiger partial charge in [0, 0.05) is 35.6 Å². The molecule has 3 aromatic carbocycles. The van der Waals surface area contributed by atoms with Crippen LogP contribution in [-0.2, 0) is 12.6 Å². The van der Waals surface area contributed by atoms with Gasteiger partial charge in [0.25, 0.3) is 5.91 Å². The quantitative estimate of drug-likeness (QED) is 0.297. The Kier molecular flexibility index (Phi) is 7.10. The number of benzene rings is 3. The summed E-state index contributed by atoms with van der Waals surface area (Å²) in [6, 6.07) is 20.6. The summed E-state index contributed by atoms with van der Waals surface area (Å²) in [4.78, 5) is 17.1. The minimum absolute atomic E-state index is 0.0454. The number of aromatic nitrogens is 1. The number of ether oxygens (including phenoxy) is 1. The number of carbonyl (C=O) groups excluding carboxylic acids is 1. The van der Waals surface area contributed by atoms with Gasteiger partial charge in [-0.25, -0.2) is 4.39 Å². The minimum atomic E-state index is -4.45. The molecule has 4 aromatic rings. The van der Waals surface area contributed by atoms with E-state index in [2.05, 4.69) is 10.3 Å². The molecule has 0 unspecified atom stereocenters. The predicted octanol–water partition coefficient (Wildman–Crippen LogP) is 6.78. The molecule has 4 rings (SSSR count). The molecule has 178 valence electrons. The minimum Gasteiger partial charge on any atom is -0.490 e. The van der Waals surface area contributed by atoms with Crippen LogP contribution in [0.15, 0.2) is 91.1 Å². The number of hydrogen-bond donors (Lipinski definition) is 1. The van der Waals surface area contributed by atoms with E-state index in [9.17, 15) is 22.4 Å². The first-order valence-electron chi connectivity index (χ1n) is 10.7. The molecular weight excluding hydrogens is 460 g/mol. The van der Waals surface area contributed by atoms with Crippen LogP contribution >= 0.6 is 0 Å². The molecule has 0 fully saturated rings. The molecule has 0 bridgehead atoms. The van der Waals surface area contributed by atoms with Crippen molar-refractivity contribution in [2.45, 2.75) is 12.6 Å². The highest BCUT2D eigenvalue weighted by Gasteiger charge is 2.30. The van der Waals surface area contributed by atoms with E-state index in [1.54, 1.807) is 36.5 Å². The Morgan fingerprint density at radius 3 is 2.34 bits per heavy atom. The lowest BCUT2D eigenvalue weighted by Crippen LogP contribution is -2.13. The van der Waals surface area contributed by atoms with Crippen molar-refractivity contribution in [1.82, 2.24) is 4.98 Å². The molecule has 1 heterocycles. The van der Waals surface area contributed by atoms with E-state index in [0.717, 1.165) is 23.9 Å². The van der Waals surface area contributed by atoms with Crippen molar-refractivity contribution >= 4 is 11.6 Å². The topological polar surface area (TPSA) is 51.2 Å². The van der Waals surface area contributed by atoms with Crippen molar-refractivity contribution in [1.29, 1.82) is 0 Å². The van der Waals surface area contributed by atoms with Crippen LogP contribution < -0.4 is 10.1 Å². The summed E-state index contributed by atoms with van der Waals surface area (Å²) in [5, 5.41) is 2.63. The van der Waals surface area contributed by atoms with Crippen LogP contribution in [0.5, 0.6) is 5.75 Å². The smallest absolute Gasteiger partial charge is 0.416 e. The van der Waals surface area contributed by atoms with Gasteiger partial charge >= 0.3 is 6.18 Å². The molecule has 1 aromatic heterocycles. The van der Waals surface area contributed by atoms with Crippen molar-refractivity contribution in [2.24, 2.45) is 0 Å². The molecule has 0 aliphatic heterocycles. The van der Waals surface area contributed by atoms with E-state index in [0.29, 0.717) is 17.5 Å². The molecule has 0 spiro atoms. The number of nitrogens with one attached hydrogen (secondary N) is 1. The fourth-order valence-electron chi connectivity index (χ4n) is 3.48. The van der Waals surface area contributed by atoms with Gasteiger partial charge in [0.05, 0.1) is 12.2 Å². The van der Waals surface area contributed by atoms with Gasteiger partial charge in [-0.3, -0.25) is 9.78 Å². The normalized spacial score (nSPS) is 11.2. The Labute approximate surface area is 199 Å². The van der Waals surface area contributed by atoms with Gasteiger partial charge in [-0.15, -0.1) is 0 Å². The average Bonchev–Trinajstić information content (AvgIpc) is 2.85. The third-order valence-corrected chi connectivity index (χ3v) is 5.23. The van der Waals surface area contributed by atoms with E-state index in [4.69, 9.17) is 4.74 Å². The molecular formula is C27H20F4N2O2. The average molecular weight is 480 g/mol. The molecule has 4 nitrogen and oxygen atoms in total. The number of rotatable bonds is 7. The maximum absolute atomic E-state index is 14.5. The molecule has 8 heteroatoms. The number of hydrogen-bond acceptors (Lipinski definition) is 3. The van der Waals surface area contributed by atoms with Gasteiger partial charge < -0.3 is 10.1 Å². The van der Waals surface area contributed by atoms with E-state index >= 15 is 0 Å². The van der Waals surface area contributed by atoms with Gasteiger partial charge in [-0.05, 0) is 53.6 Å². The standard InChI is InChI=1S/C27H20F4N2O2/c28-24-17-21(12-13-25(24)35-16-14-20-5-3-4-15-32-20)33-26(34)23-7-2-1-6-22(23)18-8-10-19(11-9-18)27(29,30)31/h1-13,15,17H,14,16H2,(H,33,34). The van der Waals surface area contributed by atoms with E-state index in [-0.39, 0.29) is 23.6 Å². The molecule has 0 radical (unpaired) electrons. The first-order chi connectivity index (χ1) is 16.8. The second-order valence-corrected chi connectivity index (χ2v) is 7.64. The molecule has 35 heavy (non-hydrogen) atoms. The van der Waals surface area contributed by atoms with Gasteiger partial charge in [0.1, 0.15) is 0 Å². The highest BCUT2D eigenvalue weighted by Crippen LogP contribution is 2.32. The van der Waals surface area contributed by atoms with Crippen molar-refractivity contribution in [3.05, 3.63) is 114 Å². The van der Waals surface area contributed by atoms with Gasteiger partial charge in [-0.1, -0.05) is 36.4 Å². The third-order valence-electron chi connectivity index (χ3n) is 5.23. The fraction of sp³-hybridized carbons (Fsp3) is 0.111. The first kappa shape index (κ1) is 23.9. The van der Waals surface area contributed by atoms with Crippen molar-refractivity contribution in [2.75, 3.05) is 11.9 Å². The van der Waals surface area contributed by atoms with Gasteiger partial charge in [0.15, 0.2) is 11.6 Å². The summed E-state index contributed by atoms with van der Waals surface area (Å²) < 4.78 is 58.6. The summed E-state index contributed by atoms with van der Waals surface area (Å²) in [6.07, 6.45) is -2.27. The zero-order chi connectivity index (χ0) is 24.8. The summed E-state index contributed by atoms with van der Waals surface area (Å²) in [5.41, 5.74) is 1.40. The largest absolute Gasteiger partial charge is 0.490 e. The number of nitrogens with zero attached hydrogens (tertiary/aromatic N) is 1. The Balaban J connectivity index is 1.45. The van der Waals surface area contributed by atoms with E-state index < -0.39 is 23.5 Å².